The Balaban J connectivity index is 2.36. The lowest BCUT2D eigenvalue weighted by Crippen LogP contribution is -2.36. The van der Waals surface area contributed by atoms with Crippen molar-refractivity contribution in [3.63, 3.8) is 0 Å². The maximum Gasteiger partial charge on any atom is 0.268 e. The highest BCUT2D eigenvalue weighted by Crippen LogP contribution is 2.38. The summed E-state index contributed by atoms with van der Waals surface area (Å²) in [5.41, 5.74) is 5.74. The molecule has 0 aliphatic carbocycles. The highest BCUT2D eigenvalue weighted by Gasteiger charge is 2.29. The third-order valence-electron chi connectivity index (χ3n) is 2.99. The highest BCUT2D eigenvalue weighted by atomic mass is 79.9. The number of nitrogens with two attached hydrogens (primary N) is 1. The van der Waals surface area contributed by atoms with Gasteiger partial charge in [-0.3, -0.25) is 0 Å². The summed E-state index contributed by atoms with van der Waals surface area (Å²) in [5, 5.41) is 4.01. The third kappa shape index (κ3) is 2.54. The van der Waals surface area contributed by atoms with Crippen LogP contribution in [0.3, 0.4) is 0 Å². The quantitative estimate of drug-likeness (QED) is 0.839. The molecule has 2 aromatic heterocycles. The smallest absolute Gasteiger partial charge is 0.268 e. The maximum atomic E-state index is 6.24. The minimum atomic E-state index is -0.506. The van der Waals surface area contributed by atoms with Crippen molar-refractivity contribution in [1.29, 1.82) is 0 Å². The summed E-state index contributed by atoms with van der Waals surface area (Å²) in [4.78, 5) is 5.33. The molecule has 0 aromatic carbocycles. The van der Waals surface area contributed by atoms with Crippen LogP contribution in [-0.4, -0.2) is 10.1 Å². The van der Waals surface area contributed by atoms with Crippen molar-refractivity contribution in [2.45, 2.75) is 32.2 Å². The van der Waals surface area contributed by atoms with Crippen molar-refractivity contribution in [1.82, 2.24) is 10.1 Å². The fourth-order valence-corrected chi connectivity index (χ4v) is 3.50. The van der Waals surface area contributed by atoms with Crippen LogP contribution in [0.15, 0.2) is 18.8 Å². The zero-order valence-electron chi connectivity index (χ0n) is 10.0. The molecule has 0 bridgehead atoms. The molecule has 0 saturated carbocycles. The number of halogens is 2. The lowest BCUT2D eigenvalue weighted by molar-refractivity contribution is 0.350. The average molecular weight is 395 g/mol. The van der Waals surface area contributed by atoms with Crippen molar-refractivity contribution in [3.8, 4) is 10.8 Å². The Morgan fingerprint density at radius 3 is 2.56 bits per heavy atom. The summed E-state index contributed by atoms with van der Waals surface area (Å²) in [6, 6.07) is 1.95. The van der Waals surface area contributed by atoms with Gasteiger partial charge in [-0.15, -0.1) is 11.3 Å². The topological polar surface area (TPSA) is 64.9 Å². The van der Waals surface area contributed by atoms with Gasteiger partial charge >= 0.3 is 0 Å². The molecule has 98 valence electrons. The summed E-state index contributed by atoms with van der Waals surface area (Å²) in [5.74, 6) is 1.08. The third-order valence-corrected chi connectivity index (χ3v) is 6.23. The first kappa shape index (κ1) is 14.2. The van der Waals surface area contributed by atoms with E-state index in [9.17, 15) is 0 Å². The normalized spacial score (nSPS) is 12.1. The maximum absolute atomic E-state index is 6.24. The van der Waals surface area contributed by atoms with E-state index in [4.69, 9.17) is 10.3 Å². The SMILES string of the molecule is CCC(N)(CC)c1noc(-c2cc(Br)c(Br)s2)n1. The number of thiophene rings is 1. The molecule has 2 heterocycles. The summed E-state index contributed by atoms with van der Waals surface area (Å²) in [7, 11) is 0. The van der Waals surface area contributed by atoms with Crippen molar-refractivity contribution in [2.75, 3.05) is 0 Å². The van der Waals surface area contributed by atoms with Crippen LogP contribution in [0.25, 0.3) is 10.8 Å². The van der Waals surface area contributed by atoms with Crippen LogP contribution < -0.4 is 5.73 Å². The van der Waals surface area contributed by atoms with Crippen LogP contribution >= 0.6 is 43.2 Å². The highest BCUT2D eigenvalue weighted by molar-refractivity contribution is 9.13. The zero-order chi connectivity index (χ0) is 13.3. The first-order valence-corrected chi connectivity index (χ1v) is 7.98. The molecular weight excluding hydrogens is 382 g/mol. The van der Waals surface area contributed by atoms with E-state index in [0.717, 1.165) is 26.0 Å². The Bertz CT molecular complexity index is 529. The van der Waals surface area contributed by atoms with Crippen LogP contribution in [0.5, 0.6) is 0 Å². The lowest BCUT2D eigenvalue weighted by atomic mass is 9.93. The van der Waals surface area contributed by atoms with Crippen LogP contribution in [-0.2, 0) is 5.54 Å². The van der Waals surface area contributed by atoms with E-state index >= 15 is 0 Å². The van der Waals surface area contributed by atoms with Crippen LogP contribution in [0.1, 0.15) is 32.5 Å². The van der Waals surface area contributed by atoms with Crippen molar-refractivity contribution < 1.29 is 4.52 Å². The summed E-state index contributed by atoms with van der Waals surface area (Å²) in [6.07, 6.45) is 1.56. The largest absolute Gasteiger partial charge is 0.333 e. The molecule has 0 atom stereocenters. The van der Waals surface area contributed by atoms with Crippen LogP contribution in [0.4, 0.5) is 0 Å². The number of hydrogen-bond acceptors (Lipinski definition) is 5. The Kier molecular flexibility index (Phi) is 4.25. The fraction of sp³-hybridized carbons (Fsp3) is 0.455. The second kappa shape index (κ2) is 5.40. The first-order chi connectivity index (χ1) is 8.50. The number of rotatable bonds is 4. The molecule has 0 spiro atoms. The van der Waals surface area contributed by atoms with E-state index < -0.39 is 5.54 Å². The molecule has 7 heteroatoms. The molecule has 4 nitrogen and oxygen atoms in total. The van der Waals surface area contributed by atoms with Crippen molar-refractivity contribution in [3.05, 3.63) is 20.1 Å². The Hall–Kier alpha value is -0.240. The molecule has 2 rings (SSSR count). The second-order valence-corrected chi connectivity index (χ2v) is 7.24. The molecule has 2 aromatic rings. The Morgan fingerprint density at radius 1 is 1.39 bits per heavy atom. The number of nitrogens with zero attached hydrogens (tertiary/aromatic N) is 2. The molecule has 0 radical (unpaired) electrons. The predicted octanol–water partition coefficient (Wildman–Crippen LogP) is 4.30. The van der Waals surface area contributed by atoms with E-state index in [1.165, 1.54) is 11.3 Å². The van der Waals surface area contributed by atoms with E-state index in [1.807, 2.05) is 19.9 Å². The second-order valence-electron chi connectivity index (χ2n) is 4.02. The molecule has 0 unspecified atom stereocenters. The Morgan fingerprint density at radius 2 is 2.06 bits per heavy atom. The van der Waals surface area contributed by atoms with Gasteiger partial charge in [0.15, 0.2) is 5.82 Å². The van der Waals surface area contributed by atoms with Gasteiger partial charge in [-0.25, -0.2) is 0 Å². The lowest BCUT2D eigenvalue weighted by Gasteiger charge is -2.21. The minimum absolute atomic E-state index is 0.506. The predicted molar refractivity (Wildman–Crippen MR) is 79.5 cm³/mol. The zero-order valence-corrected chi connectivity index (χ0v) is 14.0. The van der Waals surface area contributed by atoms with Gasteiger partial charge in [0, 0.05) is 4.47 Å². The molecular formula is C11H13Br2N3OS. The molecule has 0 aliphatic rings. The van der Waals surface area contributed by atoms with Gasteiger partial charge in [0.1, 0.15) is 0 Å². The van der Waals surface area contributed by atoms with Gasteiger partial charge < -0.3 is 10.3 Å². The summed E-state index contributed by atoms with van der Waals surface area (Å²) >= 11 is 8.42. The van der Waals surface area contributed by atoms with Gasteiger partial charge in [-0.1, -0.05) is 19.0 Å². The first-order valence-electron chi connectivity index (χ1n) is 5.58. The number of hydrogen-bond donors (Lipinski definition) is 1. The Labute approximate surface area is 126 Å². The monoisotopic (exact) mass is 393 g/mol. The molecule has 2 N–H and O–H groups in total. The van der Waals surface area contributed by atoms with E-state index in [-0.39, 0.29) is 0 Å². The standard InChI is InChI=1S/C11H13Br2N3OS/c1-3-11(14,4-2)10-15-9(17-16-10)7-5-6(12)8(13)18-7/h5H,3-4,14H2,1-2H3. The molecule has 0 fully saturated rings. The van der Waals surface area contributed by atoms with Crippen LogP contribution in [0, 0.1) is 0 Å². The summed E-state index contributed by atoms with van der Waals surface area (Å²) in [6.45, 7) is 4.05. The van der Waals surface area contributed by atoms with E-state index in [0.29, 0.717) is 11.7 Å². The molecule has 0 saturated heterocycles. The summed E-state index contributed by atoms with van der Waals surface area (Å²) < 4.78 is 7.28. The fourth-order valence-electron chi connectivity index (χ4n) is 1.54. The van der Waals surface area contributed by atoms with Gasteiger partial charge in [-0.05, 0) is 50.8 Å². The molecule has 18 heavy (non-hydrogen) atoms. The minimum Gasteiger partial charge on any atom is -0.333 e. The van der Waals surface area contributed by atoms with Gasteiger partial charge in [0.2, 0.25) is 0 Å². The van der Waals surface area contributed by atoms with Gasteiger partial charge in [0.05, 0.1) is 14.2 Å². The van der Waals surface area contributed by atoms with Crippen molar-refractivity contribution >= 4 is 43.2 Å². The van der Waals surface area contributed by atoms with Crippen molar-refractivity contribution in [2.24, 2.45) is 5.73 Å². The van der Waals surface area contributed by atoms with E-state index in [1.54, 1.807) is 0 Å². The molecule has 0 aliphatic heterocycles. The molecule has 0 amide bonds. The van der Waals surface area contributed by atoms with Gasteiger partial charge in [0.25, 0.3) is 5.89 Å². The van der Waals surface area contributed by atoms with E-state index in [2.05, 4.69) is 42.0 Å². The number of aromatic nitrogens is 2. The van der Waals surface area contributed by atoms with Gasteiger partial charge in [-0.2, -0.15) is 4.98 Å². The van der Waals surface area contributed by atoms with Crippen LogP contribution in [0.2, 0.25) is 0 Å². The average Bonchev–Trinajstić information content (AvgIpc) is 2.97.